The van der Waals surface area contributed by atoms with Crippen LogP contribution in [0.4, 0.5) is 0 Å². The predicted molar refractivity (Wildman–Crippen MR) is 62.5 cm³/mol. The molecule has 0 atom stereocenters. The van der Waals surface area contributed by atoms with Gasteiger partial charge in [-0.15, -0.1) is 0 Å². The van der Waals surface area contributed by atoms with Gasteiger partial charge < -0.3 is 18.3 Å². The monoisotopic (exact) mass is 264 g/mol. The predicted octanol–water partition coefficient (Wildman–Crippen LogP) is 1.50. The second-order valence-corrected chi connectivity index (χ2v) is 5.45. The van der Waals surface area contributed by atoms with Crippen LogP contribution in [-0.4, -0.2) is 37.1 Å². The Hall–Kier alpha value is -0.680. The topological polar surface area (TPSA) is 71.1 Å². The van der Waals surface area contributed by atoms with E-state index in [1.807, 2.05) is 0 Å². The molecule has 1 rings (SSSR count). The highest BCUT2D eigenvalue weighted by Crippen LogP contribution is 2.54. The first-order chi connectivity index (χ1) is 8.09. The van der Waals surface area contributed by atoms with Crippen LogP contribution in [0.15, 0.2) is 0 Å². The fourth-order valence-corrected chi connectivity index (χ4v) is 3.77. The minimum atomic E-state index is -2.92. The van der Waals surface area contributed by atoms with Gasteiger partial charge in [0.25, 0.3) is 7.57 Å². The summed E-state index contributed by atoms with van der Waals surface area (Å²) in [4.78, 5) is 22.7. The fourth-order valence-electron chi connectivity index (χ4n) is 1.47. The van der Waals surface area contributed by atoms with Crippen molar-refractivity contribution in [2.45, 2.75) is 27.2 Å². The van der Waals surface area contributed by atoms with Gasteiger partial charge in [0.15, 0.2) is 0 Å². The Labute approximate surface area is 100 Å². The van der Waals surface area contributed by atoms with Crippen LogP contribution < -0.4 is 0 Å². The number of cyclic esters (lactones) is 2. The van der Waals surface area contributed by atoms with Crippen LogP contribution in [0.5, 0.6) is 0 Å². The van der Waals surface area contributed by atoms with Gasteiger partial charge in [0.2, 0.25) is 0 Å². The first kappa shape index (κ1) is 14.4. The maximum atomic E-state index is 11.6. The van der Waals surface area contributed by atoms with Crippen LogP contribution in [0, 0.1) is 0 Å². The minimum absolute atomic E-state index is 0.118. The summed E-state index contributed by atoms with van der Waals surface area (Å²) in [6, 6.07) is 0. The van der Waals surface area contributed by atoms with E-state index in [2.05, 4.69) is 4.74 Å². The molecule has 1 heterocycles. The van der Waals surface area contributed by atoms with Crippen LogP contribution in [0.2, 0.25) is 0 Å². The van der Waals surface area contributed by atoms with Crippen molar-refractivity contribution in [2.75, 3.05) is 19.8 Å². The van der Waals surface area contributed by atoms with Crippen molar-refractivity contribution in [3.05, 3.63) is 0 Å². The summed E-state index contributed by atoms with van der Waals surface area (Å²) in [5, 5.41) is 0.174. The Morgan fingerprint density at radius 2 is 1.53 bits per heavy atom. The third-order valence-electron chi connectivity index (χ3n) is 1.98. The largest absolute Gasteiger partial charge is 0.389 e. The SMILES string of the molecule is CCOP(OCC)(OCC)=C1CC(=O)OC1=O. The van der Waals surface area contributed by atoms with Crippen molar-refractivity contribution in [3.8, 4) is 0 Å². The molecule has 98 valence electrons. The molecule has 0 unspecified atom stereocenters. The van der Waals surface area contributed by atoms with E-state index in [0.29, 0.717) is 19.8 Å². The number of carbonyl (C=O) groups excluding carboxylic acids is 2. The smallest absolute Gasteiger partial charge is 0.349 e. The van der Waals surface area contributed by atoms with E-state index in [9.17, 15) is 9.59 Å². The maximum absolute atomic E-state index is 11.6. The average molecular weight is 264 g/mol. The molecule has 7 heteroatoms. The van der Waals surface area contributed by atoms with Gasteiger partial charge in [-0.2, -0.15) is 0 Å². The second kappa shape index (κ2) is 6.31. The van der Waals surface area contributed by atoms with E-state index in [0.717, 1.165) is 0 Å². The third kappa shape index (κ3) is 3.16. The van der Waals surface area contributed by atoms with Gasteiger partial charge in [0.05, 0.1) is 26.2 Å². The molecule has 1 aliphatic rings. The Morgan fingerprint density at radius 1 is 1.06 bits per heavy atom. The molecule has 0 aromatic carbocycles. The first-order valence-electron chi connectivity index (χ1n) is 5.53. The Balaban J connectivity index is 3.21. The molecule has 0 saturated carbocycles. The Morgan fingerprint density at radius 3 is 1.82 bits per heavy atom. The highest BCUT2D eigenvalue weighted by atomic mass is 31.2. The molecule has 1 aliphatic heterocycles. The van der Waals surface area contributed by atoms with Gasteiger partial charge >= 0.3 is 11.9 Å². The average Bonchev–Trinajstić information content (AvgIpc) is 2.59. The van der Waals surface area contributed by atoms with E-state index >= 15 is 0 Å². The van der Waals surface area contributed by atoms with E-state index in [1.54, 1.807) is 20.8 Å². The molecule has 0 radical (unpaired) electrons. The van der Waals surface area contributed by atoms with Crippen molar-refractivity contribution in [2.24, 2.45) is 0 Å². The number of rotatable bonds is 6. The lowest BCUT2D eigenvalue weighted by Crippen LogP contribution is -2.15. The standard InChI is InChI=1S/C10H17O6P/c1-4-13-17(14-5-2,15-6-3)8-7-9(11)16-10(8)12/h4-7H2,1-3H3. The third-order valence-corrected chi connectivity index (χ3v) is 4.78. The Bertz CT molecular complexity index is 338. The summed E-state index contributed by atoms with van der Waals surface area (Å²) in [6.45, 7) is 6.32. The molecule has 0 spiro atoms. The van der Waals surface area contributed by atoms with Gasteiger partial charge in [0, 0.05) is 0 Å². The summed E-state index contributed by atoms with van der Waals surface area (Å²) >= 11 is 0. The number of esters is 2. The quantitative estimate of drug-likeness (QED) is 0.411. The molecule has 0 bridgehead atoms. The summed E-state index contributed by atoms with van der Waals surface area (Å²) in [7, 11) is -2.92. The van der Waals surface area contributed by atoms with Crippen molar-refractivity contribution < 1.29 is 27.9 Å². The zero-order chi connectivity index (χ0) is 12.9. The van der Waals surface area contributed by atoms with Gasteiger partial charge in [-0.05, 0) is 20.8 Å². The van der Waals surface area contributed by atoms with E-state index in [4.69, 9.17) is 13.6 Å². The van der Waals surface area contributed by atoms with Crippen LogP contribution in [-0.2, 0) is 27.9 Å². The lowest BCUT2D eigenvalue weighted by molar-refractivity contribution is -0.150. The number of hydrogen-bond acceptors (Lipinski definition) is 6. The molecule has 17 heavy (non-hydrogen) atoms. The molecular formula is C10H17O6P. The van der Waals surface area contributed by atoms with E-state index < -0.39 is 19.5 Å². The van der Waals surface area contributed by atoms with E-state index in [1.165, 1.54) is 0 Å². The second-order valence-electron chi connectivity index (χ2n) is 3.14. The van der Waals surface area contributed by atoms with Crippen LogP contribution in [0.3, 0.4) is 0 Å². The van der Waals surface area contributed by atoms with E-state index in [-0.39, 0.29) is 11.7 Å². The normalized spacial score (nSPS) is 16.5. The van der Waals surface area contributed by atoms with Gasteiger partial charge in [-0.1, -0.05) is 0 Å². The molecular weight excluding hydrogens is 247 g/mol. The van der Waals surface area contributed by atoms with Crippen LogP contribution in [0.1, 0.15) is 27.2 Å². The van der Waals surface area contributed by atoms with Crippen molar-refractivity contribution in [3.63, 3.8) is 0 Å². The fraction of sp³-hybridized carbons (Fsp3) is 0.700. The molecule has 0 N–H and O–H groups in total. The molecule has 1 fully saturated rings. The number of ether oxygens (including phenoxy) is 1. The molecule has 1 saturated heterocycles. The van der Waals surface area contributed by atoms with Crippen molar-refractivity contribution in [1.29, 1.82) is 0 Å². The zero-order valence-electron chi connectivity index (χ0n) is 10.2. The molecule has 0 aromatic rings. The lowest BCUT2D eigenvalue weighted by Gasteiger charge is -2.25. The molecule has 6 nitrogen and oxygen atoms in total. The molecule has 0 aromatic heterocycles. The number of carbonyl (C=O) groups is 2. The zero-order valence-corrected chi connectivity index (χ0v) is 11.1. The molecule has 0 amide bonds. The number of hydrogen-bond donors (Lipinski definition) is 0. The van der Waals surface area contributed by atoms with Gasteiger partial charge in [-0.25, -0.2) is 4.79 Å². The highest BCUT2D eigenvalue weighted by molar-refractivity contribution is 7.64. The minimum Gasteiger partial charge on any atom is -0.389 e. The summed E-state index contributed by atoms with van der Waals surface area (Å²) in [5.41, 5.74) is 0. The van der Waals surface area contributed by atoms with Gasteiger partial charge in [-0.3, -0.25) is 4.79 Å². The summed E-state index contributed by atoms with van der Waals surface area (Å²) in [5.74, 6) is -1.29. The molecule has 0 aliphatic carbocycles. The van der Waals surface area contributed by atoms with Gasteiger partial charge in [0.1, 0.15) is 5.29 Å². The first-order valence-corrected chi connectivity index (χ1v) is 7.07. The highest BCUT2D eigenvalue weighted by Gasteiger charge is 2.39. The summed E-state index contributed by atoms with van der Waals surface area (Å²) < 4.78 is 21.0. The summed E-state index contributed by atoms with van der Waals surface area (Å²) in [6.07, 6.45) is -0.118. The maximum Gasteiger partial charge on any atom is 0.349 e. The Kier molecular flexibility index (Phi) is 5.33. The van der Waals surface area contributed by atoms with Crippen LogP contribution >= 0.6 is 7.57 Å². The lowest BCUT2D eigenvalue weighted by atomic mass is 10.4. The van der Waals surface area contributed by atoms with Crippen LogP contribution in [0.25, 0.3) is 0 Å². The van der Waals surface area contributed by atoms with Crippen molar-refractivity contribution >= 4 is 24.8 Å². The van der Waals surface area contributed by atoms with Crippen molar-refractivity contribution in [1.82, 2.24) is 0 Å².